The number of halogens is 1. The standard InChI is InChI=1S/C17H18FN3O3/c1-24-17(23)21-15-8-4-13(5-9-15)11-20-16(22)19-10-12-2-6-14(18)7-3-12/h2-9H,10-11H2,1H3,(H,21,23)(H2,19,20,22). The van der Waals surface area contributed by atoms with Gasteiger partial charge in [-0.1, -0.05) is 24.3 Å². The summed E-state index contributed by atoms with van der Waals surface area (Å²) in [5.41, 5.74) is 2.29. The second kappa shape index (κ2) is 8.52. The minimum absolute atomic E-state index is 0.312. The van der Waals surface area contributed by atoms with E-state index in [2.05, 4.69) is 20.7 Å². The van der Waals surface area contributed by atoms with Crippen LogP contribution in [0.15, 0.2) is 48.5 Å². The second-order valence-electron chi connectivity index (χ2n) is 4.98. The van der Waals surface area contributed by atoms with Crippen molar-refractivity contribution in [2.45, 2.75) is 13.1 Å². The van der Waals surface area contributed by atoms with Gasteiger partial charge in [0.25, 0.3) is 0 Å². The predicted octanol–water partition coefficient (Wildman–Crippen LogP) is 3.00. The number of ether oxygens (including phenoxy) is 1. The molecule has 24 heavy (non-hydrogen) atoms. The van der Waals surface area contributed by atoms with E-state index >= 15 is 0 Å². The molecule has 0 saturated carbocycles. The first kappa shape index (κ1) is 17.3. The highest BCUT2D eigenvalue weighted by Crippen LogP contribution is 2.09. The van der Waals surface area contributed by atoms with Crippen molar-refractivity contribution in [2.75, 3.05) is 12.4 Å². The van der Waals surface area contributed by atoms with Crippen LogP contribution in [0.4, 0.5) is 19.7 Å². The van der Waals surface area contributed by atoms with Gasteiger partial charge in [-0.3, -0.25) is 5.32 Å². The van der Waals surface area contributed by atoms with Gasteiger partial charge < -0.3 is 15.4 Å². The fraction of sp³-hybridized carbons (Fsp3) is 0.176. The molecule has 126 valence electrons. The SMILES string of the molecule is COC(=O)Nc1ccc(CNC(=O)NCc2ccc(F)cc2)cc1. The van der Waals surface area contributed by atoms with E-state index in [1.54, 1.807) is 36.4 Å². The number of rotatable bonds is 5. The second-order valence-corrected chi connectivity index (χ2v) is 4.98. The number of anilines is 1. The monoisotopic (exact) mass is 331 g/mol. The zero-order chi connectivity index (χ0) is 17.4. The Hall–Kier alpha value is -3.09. The van der Waals surface area contributed by atoms with Crippen LogP contribution in [0.1, 0.15) is 11.1 Å². The Labute approximate surface area is 139 Å². The van der Waals surface area contributed by atoms with Crippen LogP contribution in [0.2, 0.25) is 0 Å². The number of hydrogen-bond donors (Lipinski definition) is 3. The van der Waals surface area contributed by atoms with Gasteiger partial charge in [0.15, 0.2) is 0 Å². The van der Waals surface area contributed by atoms with E-state index in [1.807, 2.05) is 0 Å². The molecule has 0 aliphatic carbocycles. The fourth-order valence-electron chi connectivity index (χ4n) is 1.90. The van der Waals surface area contributed by atoms with E-state index in [-0.39, 0.29) is 11.8 Å². The summed E-state index contributed by atoms with van der Waals surface area (Å²) in [7, 11) is 1.29. The highest BCUT2D eigenvalue weighted by atomic mass is 19.1. The molecule has 0 bridgehead atoms. The first-order valence-electron chi connectivity index (χ1n) is 7.27. The van der Waals surface area contributed by atoms with Crippen LogP contribution in [0.5, 0.6) is 0 Å². The normalized spacial score (nSPS) is 9.92. The molecule has 0 aliphatic heterocycles. The Morgan fingerprint density at radius 1 is 0.917 bits per heavy atom. The minimum Gasteiger partial charge on any atom is -0.453 e. The molecule has 2 aromatic rings. The molecule has 3 N–H and O–H groups in total. The number of hydrogen-bond acceptors (Lipinski definition) is 3. The molecule has 0 aromatic heterocycles. The van der Waals surface area contributed by atoms with Crippen molar-refractivity contribution in [3.05, 3.63) is 65.5 Å². The van der Waals surface area contributed by atoms with Crippen molar-refractivity contribution < 1.29 is 18.7 Å². The van der Waals surface area contributed by atoms with Crippen LogP contribution in [0.25, 0.3) is 0 Å². The van der Waals surface area contributed by atoms with Crippen LogP contribution in [0, 0.1) is 5.82 Å². The molecule has 0 atom stereocenters. The Balaban J connectivity index is 1.75. The summed E-state index contributed by atoms with van der Waals surface area (Å²) in [5.74, 6) is -0.312. The predicted molar refractivity (Wildman–Crippen MR) is 87.9 cm³/mol. The molecule has 0 unspecified atom stereocenters. The first-order chi connectivity index (χ1) is 11.6. The highest BCUT2D eigenvalue weighted by Gasteiger charge is 2.03. The molecule has 6 nitrogen and oxygen atoms in total. The van der Waals surface area contributed by atoms with E-state index in [9.17, 15) is 14.0 Å². The largest absolute Gasteiger partial charge is 0.453 e. The van der Waals surface area contributed by atoms with Gasteiger partial charge in [0.1, 0.15) is 5.82 Å². The molecule has 2 rings (SSSR count). The molecular formula is C17H18FN3O3. The molecule has 0 radical (unpaired) electrons. The highest BCUT2D eigenvalue weighted by molar-refractivity contribution is 5.84. The van der Waals surface area contributed by atoms with Crippen molar-refractivity contribution >= 4 is 17.8 Å². The summed E-state index contributed by atoms with van der Waals surface area (Å²) < 4.78 is 17.3. The number of carbonyl (C=O) groups excluding carboxylic acids is 2. The van der Waals surface area contributed by atoms with E-state index < -0.39 is 6.09 Å². The fourth-order valence-corrected chi connectivity index (χ4v) is 1.90. The van der Waals surface area contributed by atoms with Crippen LogP contribution in [0.3, 0.4) is 0 Å². The Kier molecular flexibility index (Phi) is 6.13. The van der Waals surface area contributed by atoms with E-state index in [0.717, 1.165) is 11.1 Å². The molecule has 0 fully saturated rings. The lowest BCUT2D eigenvalue weighted by atomic mass is 10.2. The van der Waals surface area contributed by atoms with Gasteiger partial charge in [-0.15, -0.1) is 0 Å². The molecule has 0 spiro atoms. The van der Waals surface area contributed by atoms with Crippen molar-refractivity contribution in [3.8, 4) is 0 Å². The topological polar surface area (TPSA) is 79.5 Å². The molecule has 0 heterocycles. The number of methoxy groups -OCH3 is 1. The van der Waals surface area contributed by atoms with Gasteiger partial charge >= 0.3 is 12.1 Å². The summed E-state index contributed by atoms with van der Waals surface area (Å²) in [4.78, 5) is 22.8. The lowest BCUT2D eigenvalue weighted by Crippen LogP contribution is -2.34. The molecular weight excluding hydrogens is 313 g/mol. The lowest BCUT2D eigenvalue weighted by Gasteiger charge is -2.09. The number of nitrogens with one attached hydrogen (secondary N) is 3. The number of amides is 3. The first-order valence-corrected chi connectivity index (χ1v) is 7.27. The Morgan fingerprint density at radius 3 is 1.92 bits per heavy atom. The quantitative estimate of drug-likeness (QED) is 0.788. The van der Waals surface area contributed by atoms with Crippen molar-refractivity contribution in [1.29, 1.82) is 0 Å². The number of urea groups is 1. The zero-order valence-corrected chi connectivity index (χ0v) is 13.1. The summed E-state index contributed by atoms with van der Waals surface area (Å²) in [6.45, 7) is 0.655. The summed E-state index contributed by atoms with van der Waals surface area (Å²) >= 11 is 0. The molecule has 3 amide bonds. The third kappa shape index (κ3) is 5.60. The van der Waals surface area contributed by atoms with Gasteiger partial charge in [-0.05, 0) is 35.4 Å². The van der Waals surface area contributed by atoms with Crippen molar-refractivity contribution in [3.63, 3.8) is 0 Å². The lowest BCUT2D eigenvalue weighted by molar-refractivity contribution is 0.187. The van der Waals surface area contributed by atoms with Gasteiger partial charge in [-0.25, -0.2) is 14.0 Å². The van der Waals surface area contributed by atoms with Crippen LogP contribution in [-0.4, -0.2) is 19.2 Å². The molecule has 0 aliphatic rings. The van der Waals surface area contributed by atoms with Gasteiger partial charge in [-0.2, -0.15) is 0 Å². The maximum Gasteiger partial charge on any atom is 0.411 e. The number of carbonyl (C=O) groups is 2. The molecule has 7 heteroatoms. The van der Waals surface area contributed by atoms with Crippen molar-refractivity contribution in [2.24, 2.45) is 0 Å². The van der Waals surface area contributed by atoms with E-state index in [4.69, 9.17) is 0 Å². The van der Waals surface area contributed by atoms with E-state index in [1.165, 1.54) is 19.2 Å². The van der Waals surface area contributed by atoms with E-state index in [0.29, 0.717) is 18.8 Å². The Morgan fingerprint density at radius 2 is 1.42 bits per heavy atom. The summed E-state index contributed by atoms with van der Waals surface area (Å²) in [5, 5.41) is 7.94. The third-order valence-electron chi connectivity index (χ3n) is 3.21. The maximum atomic E-state index is 12.8. The average molecular weight is 331 g/mol. The third-order valence-corrected chi connectivity index (χ3v) is 3.21. The maximum absolute atomic E-state index is 12.8. The smallest absolute Gasteiger partial charge is 0.411 e. The van der Waals surface area contributed by atoms with Crippen LogP contribution in [-0.2, 0) is 17.8 Å². The molecule has 0 saturated heterocycles. The number of benzene rings is 2. The summed E-state index contributed by atoms with van der Waals surface area (Å²) in [6, 6.07) is 12.6. The molecule has 2 aromatic carbocycles. The van der Waals surface area contributed by atoms with Gasteiger partial charge in [0, 0.05) is 18.8 Å². The minimum atomic E-state index is -0.541. The zero-order valence-electron chi connectivity index (χ0n) is 13.1. The van der Waals surface area contributed by atoms with Crippen LogP contribution >= 0.6 is 0 Å². The summed E-state index contributed by atoms with van der Waals surface area (Å²) in [6.07, 6.45) is -0.541. The van der Waals surface area contributed by atoms with Crippen molar-refractivity contribution in [1.82, 2.24) is 10.6 Å². The van der Waals surface area contributed by atoms with Gasteiger partial charge in [0.05, 0.1) is 7.11 Å². The van der Waals surface area contributed by atoms with Gasteiger partial charge in [0.2, 0.25) is 0 Å². The Bertz CT molecular complexity index is 687. The average Bonchev–Trinajstić information content (AvgIpc) is 2.60. The van der Waals surface area contributed by atoms with Crippen LogP contribution < -0.4 is 16.0 Å².